The summed E-state index contributed by atoms with van der Waals surface area (Å²) in [4.78, 5) is 34.5. The molecule has 3 aromatic rings. The van der Waals surface area contributed by atoms with Gasteiger partial charge in [-0.05, 0) is 67.9 Å². The van der Waals surface area contributed by atoms with Crippen LogP contribution in [0.4, 0.5) is 0 Å². The highest BCUT2D eigenvalue weighted by molar-refractivity contribution is 8.01. The first-order chi connectivity index (χ1) is 16.9. The second kappa shape index (κ2) is 9.86. The van der Waals surface area contributed by atoms with Crippen LogP contribution in [-0.4, -0.2) is 39.7 Å². The van der Waals surface area contributed by atoms with Crippen molar-refractivity contribution in [2.75, 3.05) is 7.11 Å². The zero-order chi connectivity index (χ0) is 24.6. The molecule has 2 unspecified atom stereocenters. The maximum absolute atomic E-state index is 13.4. The minimum absolute atomic E-state index is 0.0805. The maximum atomic E-state index is 13.4. The molecular weight excluding hydrogens is 484 g/mol. The third-order valence-electron chi connectivity index (χ3n) is 7.36. The van der Waals surface area contributed by atoms with Gasteiger partial charge < -0.3 is 14.5 Å². The Labute approximate surface area is 214 Å². The third kappa shape index (κ3) is 4.81. The van der Waals surface area contributed by atoms with E-state index in [2.05, 4.69) is 9.97 Å². The first-order valence-electron chi connectivity index (χ1n) is 12.1. The fourth-order valence-corrected chi connectivity index (χ4v) is 6.66. The second-order valence-electron chi connectivity index (χ2n) is 9.59. The number of nitrogens with one attached hydrogen (secondary N) is 1. The van der Waals surface area contributed by atoms with Crippen LogP contribution >= 0.6 is 23.4 Å². The highest BCUT2D eigenvalue weighted by atomic mass is 35.5. The summed E-state index contributed by atoms with van der Waals surface area (Å²) in [5.74, 6) is 0.288. The van der Waals surface area contributed by atoms with Crippen molar-refractivity contribution in [2.24, 2.45) is 5.92 Å². The van der Waals surface area contributed by atoms with E-state index in [9.17, 15) is 9.59 Å². The standard InChI is InChI=1S/C27H29ClN2O4S/c1-16-6-5-9-20-23(16)30-26(29-20)35-24-21(31)15-27(34-25(24)32,18-7-3-4-8-18)13-12-17-10-11-22(33-2)19(28)14-17/h5-6,9-11,14,18,24H,3-4,7-8,12-13,15H2,1-2H3,(H,29,30). The molecule has 184 valence electrons. The van der Waals surface area contributed by atoms with E-state index in [0.29, 0.717) is 28.8 Å². The van der Waals surface area contributed by atoms with Crippen molar-refractivity contribution < 1.29 is 19.1 Å². The van der Waals surface area contributed by atoms with Gasteiger partial charge in [-0.3, -0.25) is 9.59 Å². The van der Waals surface area contributed by atoms with Crippen LogP contribution in [0.1, 0.15) is 49.7 Å². The lowest BCUT2D eigenvalue weighted by Crippen LogP contribution is -2.53. The minimum Gasteiger partial charge on any atom is -0.495 e. The number of H-pyrrole nitrogens is 1. The summed E-state index contributed by atoms with van der Waals surface area (Å²) in [5.41, 5.74) is 3.05. The summed E-state index contributed by atoms with van der Waals surface area (Å²) in [6.45, 7) is 1.99. The molecule has 0 amide bonds. The van der Waals surface area contributed by atoms with Crippen LogP contribution in [-0.2, 0) is 20.7 Å². The smallest absolute Gasteiger partial charge is 0.327 e. The van der Waals surface area contributed by atoms with Gasteiger partial charge in [0, 0.05) is 6.42 Å². The van der Waals surface area contributed by atoms with Crippen molar-refractivity contribution in [3.8, 4) is 5.75 Å². The molecule has 1 saturated heterocycles. The van der Waals surface area contributed by atoms with E-state index in [4.69, 9.17) is 21.1 Å². The van der Waals surface area contributed by atoms with E-state index in [1.54, 1.807) is 7.11 Å². The van der Waals surface area contributed by atoms with Gasteiger partial charge in [0.2, 0.25) is 0 Å². The number of benzene rings is 2. The molecule has 1 aromatic heterocycles. The number of Topliss-reactive ketones (excluding diaryl/α,β-unsaturated/α-hetero) is 1. The third-order valence-corrected chi connectivity index (χ3v) is 8.76. The number of aryl methyl sites for hydroxylation is 2. The van der Waals surface area contributed by atoms with Gasteiger partial charge in [0.25, 0.3) is 0 Å². The number of para-hydroxylation sites is 1. The topological polar surface area (TPSA) is 81.3 Å². The number of thioether (sulfide) groups is 1. The van der Waals surface area contributed by atoms with E-state index < -0.39 is 16.8 Å². The molecule has 35 heavy (non-hydrogen) atoms. The number of aromatic nitrogens is 2. The van der Waals surface area contributed by atoms with E-state index in [1.807, 2.05) is 43.3 Å². The molecular formula is C27H29ClN2O4S. The van der Waals surface area contributed by atoms with E-state index in [-0.39, 0.29) is 18.1 Å². The number of carbonyl (C=O) groups is 2. The molecule has 5 rings (SSSR count). The Bertz CT molecular complexity index is 1250. The zero-order valence-electron chi connectivity index (χ0n) is 19.9. The molecule has 1 saturated carbocycles. The lowest BCUT2D eigenvalue weighted by Gasteiger charge is -2.42. The zero-order valence-corrected chi connectivity index (χ0v) is 21.5. The van der Waals surface area contributed by atoms with Crippen molar-refractivity contribution in [1.29, 1.82) is 0 Å². The number of fused-ring (bicyclic) bond motifs is 1. The number of hydrogen-bond acceptors (Lipinski definition) is 6. The summed E-state index contributed by atoms with van der Waals surface area (Å²) in [6, 6.07) is 11.6. The summed E-state index contributed by atoms with van der Waals surface area (Å²) in [6.07, 6.45) is 5.66. The summed E-state index contributed by atoms with van der Waals surface area (Å²) < 4.78 is 11.5. The van der Waals surface area contributed by atoms with Crippen LogP contribution in [0.15, 0.2) is 41.6 Å². The molecule has 0 bridgehead atoms. The van der Waals surface area contributed by atoms with Crippen LogP contribution in [0.2, 0.25) is 5.02 Å². The number of methoxy groups -OCH3 is 1. The van der Waals surface area contributed by atoms with E-state index in [0.717, 1.165) is 59.6 Å². The first-order valence-corrected chi connectivity index (χ1v) is 13.3. The van der Waals surface area contributed by atoms with Gasteiger partial charge in [-0.1, -0.05) is 54.4 Å². The van der Waals surface area contributed by atoms with Gasteiger partial charge >= 0.3 is 5.97 Å². The minimum atomic E-state index is -0.902. The molecule has 2 aromatic carbocycles. The fourth-order valence-electron chi connectivity index (χ4n) is 5.49. The molecule has 1 aliphatic carbocycles. The molecule has 0 spiro atoms. The predicted molar refractivity (Wildman–Crippen MR) is 137 cm³/mol. The van der Waals surface area contributed by atoms with Crippen molar-refractivity contribution in [3.05, 3.63) is 52.5 Å². The molecule has 8 heteroatoms. The van der Waals surface area contributed by atoms with E-state index >= 15 is 0 Å². The number of esters is 1. The summed E-state index contributed by atoms with van der Waals surface area (Å²) >= 11 is 7.48. The Morgan fingerprint density at radius 2 is 2.03 bits per heavy atom. The lowest BCUT2D eigenvalue weighted by atomic mass is 9.76. The molecule has 1 aliphatic heterocycles. The SMILES string of the molecule is COc1ccc(CCC2(C3CCCC3)CC(=O)C(Sc3nc4c(C)cccc4[nH]3)C(=O)O2)cc1Cl. The monoisotopic (exact) mass is 512 g/mol. The molecule has 2 heterocycles. The average Bonchev–Trinajstić information content (AvgIpc) is 3.51. The second-order valence-corrected chi connectivity index (χ2v) is 11.1. The largest absolute Gasteiger partial charge is 0.495 e. The lowest BCUT2D eigenvalue weighted by molar-refractivity contribution is -0.177. The highest BCUT2D eigenvalue weighted by Gasteiger charge is 2.52. The number of hydrogen-bond donors (Lipinski definition) is 1. The van der Waals surface area contributed by atoms with Gasteiger partial charge in [0.1, 0.15) is 11.4 Å². The number of imidazole rings is 1. The Balaban J connectivity index is 1.35. The van der Waals surface area contributed by atoms with Gasteiger partial charge in [0.15, 0.2) is 16.2 Å². The number of ketones is 1. The van der Waals surface area contributed by atoms with E-state index in [1.165, 1.54) is 0 Å². The first kappa shape index (κ1) is 24.2. The maximum Gasteiger partial charge on any atom is 0.327 e. The van der Waals surface area contributed by atoms with Gasteiger partial charge in [0.05, 0.1) is 23.2 Å². The number of halogens is 1. The fraction of sp³-hybridized carbons (Fsp3) is 0.444. The number of ether oxygens (including phenoxy) is 2. The normalized spacial score (nSPS) is 23.1. The Kier molecular flexibility index (Phi) is 6.82. The number of rotatable bonds is 7. The van der Waals surface area contributed by atoms with Crippen LogP contribution in [0.25, 0.3) is 11.0 Å². The molecule has 2 fully saturated rings. The number of nitrogens with zero attached hydrogens (tertiary/aromatic N) is 1. The average molecular weight is 513 g/mol. The van der Waals surface area contributed by atoms with Crippen molar-refractivity contribution in [2.45, 2.75) is 67.9 Å². The van der Waals surface area contributed by atoms with Crippen molar-refractivity contribution >= 4 is 46.1 Å². The summed E-state index contributed by atoms with van der Waals surface area (Å²) in [7, 11) is 1.59. The Hall–Kier alpha value is -2.51. The quantitative estimate of drug-likeness (QED) is 0.305. The molecule has 6 nitrogen and oxygen atoms in total. The number of cyclic esters (lactones) is 1. The molecule has 0 radical (unpaired) electrons. The van der Waals surface area contributed by atoms with Gasteiger partial charge in [-0.15, -0.1) is 0 Å². The van der Waals surface area contributed by atoms with Gasteiger partial charge in [-0.25, -0.2) is 4.98 Å². The highest BCUT2D eigenvalue weighted by Crippen LogP contribution is 2.46. The van der Waals surface area contributed by atoms with Crippen LogP contribution in [0, 0.1) is 12.8 Å². The van der Waals surface area contributed by atoms with Crippen LogP contribution in [0.5, 0.6) is 5.75 Å². The molecule has 1 N–H and O–H groups in total. The Morgan fingerprint density at radius 1 is 1.23 bits per heavy atom. The summed E-state index contributed by atoms with van der Waals surface area (Å²) in [5, 5.41) is 0.209. The number of aromatic amines is 1. The van der Waals surface area contributed by atoms with Gasteiger partial charge in [-0.2, -0.15) is 0 Å². The van der Waals surface area contributed by atoms with Crippen molar-refractivity contribution in [3.63, 3.8) is 0 Å². The van der Waals surface area contributed by atoms with Crippen LogP contribution < -0.4 is 4.74 Å². The van der Waals surface area contributed by atoms with Crippen LogP contribution in [0.3, 0.4) is 0 Å². The Morgan fingerprint density at radius 3 is 2.71 bits per heavy atom. The molecule has 2 aliphatic rings. The predicted octanol–water partition coefficient (Wildman–Crippen LogP) is 6.07. The number of carbonyl (C=O) groups excluding carboxylic acids is 2. The molecule has 2 atom stereocenters. The van der Waals surface area contributed by atoms with Crippen molar-refractivity contribution in [1.82, 2.24) is 9.97 Å².